The fourth-order valence-electron chi connectivity index (χ4n) is 4.01. The first kappa shape index (κ1) is 18.8. The number of non-ortho nitro benzene ring substituents is 1. The molecule has 1 aliphatic carbocycles. The Labute approximate surface area is 157 Å². The number of ether oxygens (including phenoxy) is 1. The second-order valence-corrected chi connectivity index (χ2v) is 7.81. The van der Waals surface area contributed by atoms with Crippen molar-refractivity contribution < 1.29 is 19.2 Å². The normalized spacial score (nSPS) is 24.1. The molecule has 3 rings (SSSR count). The number of nitro benzene ring substituents is 1. The molecule has 0 fully saturated rings. The summed E-state index contributed by atoms with van der Waals surface area (Å²) in [6.07, 6.45) is 1.03. The van der Waals surface area contributed by atoms with Crippen molar-refractivity contribution in [1.29, 1.82) is 0 Å². The Morgan fingerprint density at radius 1 is 1.30 bits per heavy atom. The van der Waals surface area contributed by atoms with E-state index in [0.717, 1.165) is 5.70 Å². The predicted octanol–water partition coefficient (Wildman–Crippen LogP) is 3.23. The molecule has 2 atom stereocenters. The number of methoxy groups -OCH3 is 1. The number of esters is 1. The van der Waals surface area contributed by atoms with Gasteiger partial charge in [0.15, 0.2) is 5.78 Å². The van der Waals surface area contributed by atoms with E-state index in [4.69, 9.17) is 4.74 Å². The number of hydrogen-bond donors (Lipinski definition) is 1. The van der Waals surface area contributed by atoms with Crippen LogP contribution in [0.25, 0.3) is 0 Å². The summed E-state index contributed by atoms with van der Waals surface area (Å²) in [6, 6.07) is 5.95. The van der Waals surface area contributed by atoms with Crippen molar-refractivity contribution >= 4 is 17.4 Å². The van der Waals surface area contributed by atoms with Crippen molar-refractivity contribution in [3.05, 3.63) is 63.5 Å². The molecule has 27 heavy (non-hydrogen) atoms. The second-order valence-electron chi connectivity index (χ2n) is 7.81. The number of Topliss-reactive ketones (excluding diaryl/α,β-unsaturated/α-hetero) is 1. The summed E-state index contributed by atoms with van der Waals surface area (Å²) < 4.78 is 4.95. The molecule has 1 aromatic rings. The SMILES string of the molecule is C=C1NC2=C(C(=O)CC(C)(C)C2)C(c2ccc([N+](=O)[O-])cc2)C1C(=O)OC. The minimum atomic E-state index is -0.777. The lowest BCUT2D eigenvalue weighted by Gasteiger charge is -2.42. The fourth-order valence-corrected chi connectivity index (χ4v) is 4.01. The zero-order valence-corrected chi connectivity index (χ0v) is 15.6. The summed E-state index contributed by atoms with van der Waals surface area (Å²) in [5.41, 5.74) is 2.19. The molecule has 1 aromatic carbocycles. The van der Waals surface area contributed by atoms with Crippen LogP contribution in [0, 0.1) is 21.4 Å². The van der Waals surface area contributed by atoms with Gasteiger partial charge in [0.05, 0.1) is 12.0 Å². The molecule has 0 spiro atoms. The van der Waals surface area contributed by atoms with Gasteiger partial charge >= 0.3 is 5.97 Å². The molecule has 0 bridgehead atoms. The smallest absolute Gasteiger partial charge is 0.315 e. The monoisotopic (exact) mass is 370 g/mol. The van der Waals surface area contributed by atoms with Crippen LogP contribution in [-0.4, -0.2) is 23.8 Å². The quantitative estimate of drug-likeness (QED) is 0.498. The molecule has 1 heterocycles. The van der Waals surface area contributed by atoms with Crippen LogP contribution < -0.4 is 5.32 Å². The highest BCUT2D eigenvalue weighted by Crippen LogP contribution is 2.48. The topological polar surface area (TPSA) is 98.5 Å². The van der Waals surface area contributed by atoms with E-state index in [9.17, 15) is 19.7 Å². The maximum absolute atomic E-state index is 13.0. The van der Waals surface area contributed by atoms with Crippen molar-refractivity contribution in [2.75, 3.05) is 7.11 Å². The van der Waals surface area contributed by atoms with Crippen molar-refractivity contribution in [3.8, 4) is 0 Å². The van der Waals surface area contributed by atoms with Crippen LogP contribution in [0.4, 0.5) is 5.69 Å². The zero-order chi connectivity index (χ0) is 19.9. The van der Waals surface area contributed by atoms with Gasteiger partial charge in [-0.3, -0.25) is 19.7 Å². The van der Waals surface area contributed by atoms with Gasteiger partial charge in [-0.15, -0.1) is 0 Å². The van der Waals surface area contributed by atoms with Gasteiger partial charge in [-0.25, -0.2) is 0 Å². The maximum Gasteiger partial charge on any atom is 0.315 e. The van der Waals surface area contributed by atoms with Crippen LogP contribution in [-0.2, 0) is 14.3 Å². The number of benzene rings is 1. The van der Waals surface area contributed by atoms with Gasteiger partial charge in [0.1, 0.15) is 5.92 Å². The number of nitro groups is 1. The van der Waals surface area contributed by atoms with E-state index < -0.39 is 22.7 Å². The molecule has 1 N–H and O–H groups in total. The third-order valence-corrected chi connectivity index (χ3v) is 5.17. The Hall–Kier alpha value is -2.96. The minimum Gasteiger partial charge on any atom is -0.468 e. The average Bonchev–Trinajstić information content (AvgIpc) is 2.58. The van der Waals surface area contributed by atoms with Crippen molar-refractivity contribution in [3.63, 3.8) is 0 Å². The number of rotatable bonds is 3. The Morgan fingerprint density at radius 3 is 2.48 bits per heavy atom. The summed E-state index contributed by atoms with van der Waals surface area (Å²) in [6.45, 7) is 8.02. The van der Waals surface area contributed by atoms with Crippen LogP contribution >= 0.6 is 0 Å². The summed E-state index contributed by atoms with van der Waals surface area (Å²) in [5, 5.41) is 14.1. The highest BCUT2D eigenvalue weighted by atomic mass is 16.6. The molecule has 0 saturated carbocycles. The van der Waals surface area contributed by atoms with Crippen LogP contribution in [0.5, 0.6) is 0 Å². The molecule has 7 heteroatoms. The largest absolute Gasteiger partial charge is 0.468 e. The van der Waals surface area contributed by atoms with Gasteiger partial charge in [-0.1, -0.05) is 32.6 Å². The van der Waals surface area contributed by atoms with Gasteiger partial charge in [0, 0.05) is 41.4 Å². The van der Waals surface area contributed by atoms with E-state index in [0.29, 0.717) is 29.7 Å². The summed E-state index contributed by atoms with van der Waals surface area (Å²) >= 11 is 0. The van der Waals surface area contributed by atoms with Crippen molar-refractivity contribution in [2.24, 2.45) is 11.3 Å². The number of hydrogen-bond acceptors (Lipinski definition) is 6. The van der Waals surface area contributed by atoms with Gasteiger partial charge in [0.25, 0.3) is 5.69 Å². The number of ketones is 1. The van der Waals surface area contributed by atoms with Gasteiger partial charge in [-0.05, 0) is 17.4 Å². The molecular weight excluding hydrogens is 348 g/mol. The van der Waals surface area contributed by atoms with Gasteiger partial charge < -0.3 is 10.1 Å². The first-order valence-electron chi connectivity index (χ1n) is 8.69. The minimum absolute atomic E-state index is 0.0292. The van der Waals surface area contributed by atoms with E-state index in [1.807, 2.05) is 13.8 Å². The Morgan fingerprint density at radius 2 is 1.93 bits per heavy atom. The lowest BCUT2D eigenvalue weighted by atomic mass is 9.66. The summed E-state index contributed by atoms with van der Waals surface area (Å²) in [4.78, 5) is 35.9. The van der Waals surface area contributed by atoms with Crippen LogP contribution in [0.15, 0.2) is 47.8 Å². The van der Waals surface area contributed by atoms with Crippen LogP contribution in [0.1, 0.15) is 38.2 Å². The Kier molecular flexibility index (Phi) is 4.63. The molecule has 1 aliphatic heterocycles. The summed E-state index contributed by atoms with van der Waals surface area (Å²) in [5.74, 6) is -1.88. The van der Waals surface area contributed by atoms with E-state index in [1.165, 1.54) is 19.2 Å². The fraction of sp³-hybridized carbons (Fsp3) is 0.400. The Bertz CT molecular complexity index is 867. The summed E-state index contributed by atoms with van der Waals surface area (Å²) in [7, 11) is 1.29. The lowest BCUT2D eigenvalue weighted by molar-refractivity contribution is -0.384. The molecule has 142 valence electrons. The molecule has 7 nitrogen and oxygen atoms in total. The van der Waals surface area contributed by atoms with Crippen molar-refractivity contribution in [2.45, 2.75) is 32.6 Å². The third-order valence-electron chi connectivity index (χ3n) is 5.17. The standard InChI is InChI=1S/C20H22N2O5/c1-11-16(19(24)27-4)17(12-5-7-13(8-6-12)22(25)26)18-14(21-11)9-20(2,3)10-15(18)23/h5-8,16-17,21H,1,9-10H2,2-4H3. The predicted molar refractivity (Wildman–Crippen MR) is 98.7 cm³/mol. The van der Waals surface area contributed by atoms with E-state index >= 15 is 0 Å². The highest BCUT2D eigenvalue weighted by Gasteiger charge is 2.46. The maximum atomic E-state index is 13.0. The van der Waals surface area contributed by atoms with Crippen molar-refractivity contribution in [1.82, 2.24) is 5.32 Å². The third kappa shape index (κ3) is 3.37. The van der Waals surface area contributed by atoms with Crippen LogP contribution in [0.3, 0.4) is 0 Å². The average molecular weight is 370 g/mol. The second kappa shape index (κ2) is 6.64. The first-order chi connectivity index (χ1) is 12.6. The lowest BCUT2D eigenvalue weighted by Crippen LogP contribution is -2.43. The van der Waals surface area contributed by atoms with Crippen LogP contribution in [0.2, 0.25) is 0 Å². The molecule has 0 amide bonds. The van der Waals surface area contributed by atoms with E-state index in [2.05, 4.69) is 11.9 Å². The molecule has 0 saturated heterocycles. The molecule has 0 aromatic heterocycles. The number of allylic oxidation sites excluding steroid dienone is 2. The molecule has 2 aliphatic rings. The van der Waals surface area contributed by atoms with Gasteiger partial charge in [0.2, 0.25) is 0 Å². The number of nitrogens with one attached hydrogen (secondary N) is 1. The number of carbonyl (C=O) groups is 2. The zero-order valence-electron chi connectivity index (χ0n) is 15.6. The Balaban J connectivity index is 2.16. The first-order valence-corrected chi connectivity index (χ1v) is 8.69. The molecular formula is C20H22N2O5. The molecule has 2 unspecified atom stereocenters. The number of nitrogens with zero attached hydrogens (tertiary/aromatic N) is 1. The molecule has 0 radical (unpaired) electrons. The van der Waals surface area contributed by atoms with Gasteiger partial charge in [-0.2, -0.15) is 0 Å². The van der Waals surface area contributed by atoms with E-state index in [-0.39, 0.29) is 16.9 Å². The highest BCUT2D eigenvalue weighted by molar-refractivity contribution is 6.00. The van der Waals surface area contributed by atoms with E-state index in [1.54, 1.807) is 12.1 Å². The number of carbonyl (C=O) groups excluding carboxylic acids is 2.